The number of carboxylic acid groups (broad SMARTS) is 1. The zero-order chi connectivity index (χ0) is 28.8. The van der Waals surface area contributed by atoms with Gasteiger partial charge in [0.1, 0.15) is 6.04 Å². The molecule has 0 aliphatic carbocycles. The van der Waals surface area contributed by atoms with Crippen LogP contribution in [0, 0.1) is 0 Å². The number of rotatable bonds is 10. The molecule has 0 aliphatic heterocycles. The van der Waals surface area contributed by atoms with Crippen LogP contribution in [-0.2, 0) is 16.7 Å². The Kier molecular flexibility index (Phi) is 8.34. The van der Waals surface area contributed by atoms with E-state index in [-0.39, 0.29) is 23.5 Å². The number of thioether (sulfide) groups is 1. The van der Waals surface area contributed by atoms with Crippen molar-refractivity contribution < 1.29 is 23.1 Å². The first-order chi connectivity index (χ1) is 19.8. The number of nitrogens with zero attached hydrogens (tertiary/aromatic N) is 3. The summed E-state index contributed by atoms with van der Waals surface area (Å²) in [5, 5.41) is 17.6. The molecule has 0 radical (unpaired) electrons. The minimum Gasteiger partial charge on any atom is -0.480 e. The van der Waals surface area contributed by atoms with Crippen LogP contribution in [0.4, 0.5) is 30.8 Å². The second-order valence-corrected chi connectivity index (χ2v) is 10.1. The smallest absolute Gasteiger partial charge is 0.416 e. The van der Waals surface area contributed by atoms with Gasteiger partial charge in [-0.2, -0.15) is 39.9 Å². The Morgan fingerprint density at radius 1 is 0.829 bits per heavy atom. The summed E-state index contributed by atoms with van der Waals surface area (Å²) in [5.74, 6) is 0.133. The van der Waals surface area contributed by atoms with Gasteiger partial charge in [0.25, 0.3) is 0 Å². The number of carbonyl (C=O) groups is 1. The van der Waals surface area contributed by atoms with Crippen molar-refractivity contribution in [2.45, 2.75) is 18.0 Å². The van der Waals surface area contributed by atoms with Crippen LogP contribution < -0.4 is 10.6 Å². The summed E-state index contributed by atoms with van der Waals surface area (Å²) in [6, 6.07) is 26.5. The molecule has 0 fully saturated rings. The normalized spacial score (nSPS) is 12.2. The number of halogens is 3. The first-order valence-electron chi connectivity index (χ1n) is 12.6. The number of anilines is 3. The van der Waals surface area contributed by atoms with Gasteiger partial charge in [-0.15, -0.1) is 0 Å². The van der Waals surface area contributed by atoms with Gasteiger partial charge in [-0.25, -0.2) is 4.79 Å². The summed E-state index contributed by atoms with van der Waals surface area (Å²) in [5.41, 5.74) is 1.31. The number of carboxylic acids is 1. The molecule has 208 valence electrons. The Bertz CT molecular complexity index is 1650. The summed E-state index contributed by atoms with van der Waals surface area (Å²) in [6.45, 7) is 0. The molecule has 3 N–H and O–H groups in total. The first kappa shape index (κ1) is 27.9. The molecule has 41 heavy (non-hydrogen) atoms. The number of nitrogens with one attached hydrogen (secondary N) is 2. The number of hydrogen-bond acceptors (Lipinski definition) is 7. The quantitative estimate of drug-likeness (QED) is 0.160. The van der Waals surface area contributed by atoms with E-state index in [9.17, 15) is 23.1 Å². The van der Waals surface area contributed by atoms with Crippen molar-refractivity contribution >= 4 is 46.1 Å². The highest BCUT2D eigenvalue weighted by atomic mass is 32.2. The monoisotopic (exact) mass is 575 g/mol. The van der Waals surface area contributed by atoms with Gasteiger partial charge in [0.2, 0.25) is 11.9 Å². The SMILES string of the molecule is O=C(O)[C@H](CSCc1ccccc1)Nc1nc(Nc2ccc(C(F)(F)F)cc2)nc(-c2cccc3ccccc23)n1. The highest BCUT2D eigenvalue weighted by Gasteiger charge is 2.30. The third-order valence-electron chi connectivity index (χ3n) is 6.13. The van der Waals surface area contributed by atoms with Crippen LogP contribution >= 0.6 is 11.8 Å². The number of aliphatic carboxylic acids is 1. The average molecular weight is 576 g/mol. The topological polar surface area (TPSA) is 100 Å². The molecule has 1 atom stereocenters. The van der Waals surface area contributed by atoms with Crippen LogP contribution in [0.5, 0.6) is 0 Å². The molecule has 0 unspecified atom stereocenters. The summed E-state index contributed by atoms with van der Waals surface area (Å²) in [6.07, 6.45) is -4.46. The largest absolute Gasteiger partial charge is 0.480 e. The molecule has 1 heterocycles. The number of hydrogen-bond donors (Lipinski definition) is 3. The molecule has 11 heteroatoms. The van der Waals surface area contributed by atoms with Crippen LogP contribution in [0.15, 0.2) is 97.1 Å². The number of fused-ring (bicyclic) bond motifs is 1. The second kappa shape index (κ2) is 12.3. The molecule has 7 nitrogen and oxygen atoms in total. The fourth-order valence-electron chi connectivity index (χ4n) is 4.11. The Morgan fingerprint density at radius 2 is 1.51 bits per heavy atom. The Hall–Kier alpha value is -4.64. The van der Waals surface area contributed by atoms with E-state index in [1.807, 2.05) is 72.8 Å². The van der Waals surface area contributed by atoms with Crippen LogP contribution in [0.1, 0.15) is 11.1 Å². The lowest BCUT2D eigenvalue weighted by molar-refractivity contribution is -0.138. The van der Waals surface area contributed by atoms with Crippen LogP contribution in [0.3, 0.4) is 0 Å². The molecule has 0 amide bonds. The van der Waals surface area contributed by atoms with Crippen LogP contribution in [0.2, 0.25) is 0 Å². The minimum atomic E-state index is -4.46. The van der Waals surface area contributed by atoms with Crippen molar-refractivity contribution in [2.75, 3.05) is 16.4 Å². The summed E-state index contributed by atoms with van der Waals surface area (Å²) in [4.78, 5) is 25.5. The van der Waals surface area contributed by atoms with Gasteiger partial charge in [-0.1, -0.05) is 72.8 Å². The van der Waals surface area contributed by atoms with E-state index >= 15 is 0 Å². The van der Waals surface area contributed by atoms with Crippen molar-refractivity contribution in [1.82, 2.24) is 15.0 Å². The molecule has 5 rings (SSSR count). The Balaban J connectivity index is 1.46. The minimum absolute atomic E-state index is 0.0186. The maximum atomic E-state index is 13.0. The highest BCUT2D eigenvalue weighted by molar-refractivity contribution is 7.98. The standard InChI is InChI=1S/C30H24F3N5O2S/c31-30(32,33)21-13-15-22(16-14-21)34-28-36-26(24-12-6-10-20-9-4-5-11-23(20)24)37-29(38-28)35-25(27(39)40)18-41-17-19-7-2-1-3-8-19/h1-16,25H,17-18H2,(H,39,40)(H2,34,35,36,37,38)/t25-/m0/s1. The molecule has 4 aromatic carbocycles. The lowest BCUT2D eigenvalue weighted by Gasteiger charge is -2.16. The summed E-state index contributed by atoms with van der Waals surface area (Å²) >= 11 is 1.45. The van der Waals surface area contributed by atoms with Gasteiger partial charge in [-0.3, -0.25) is 0 Å². The fourth-order valence-corrected chi connectivity index (χ4v) is 5.12. The predicted molar refractivity (Wildman–Crippen MR) is 155 cm³/mol. The number of alkyl halides is 3. The molecular formula is C30H24F3N5O2S. The van der Waals surface area contributed by atoms with E-state index in [2.05, 4.69) is 25.6 Å². The van der Waals surface area contributed by atoms with Gasteiger partial charge in [-0.05, 0) is 40.6 Å². The van der Waals surface area contributed by atoms with E-state index in [1.54, 1.807) is 0 Å². The molecule has 0 bridgehead atoms. The number of benzene rings is 4. The molecule has 5 aromatic rings. The summed E-state index contributed by atoms with van der Waals surface area (Å²) in [7, 11) is 0. The van der Waals surface area contributed by atoms with E-state index in [0.29, 0.717) is 17.0 Å². The van der Waals surface area contributed by atoms with Crippen molar-refractivity contribution in [3.63, 3.8) is 0 Å². The van der Waals surface area contributed by atoms with Gasteiger partial charge < -0.3 is 15.7 Å². The van der Waals surface area contributed by atoms with Crippen LogP contribution in [-0.4, -0.2) is 37.8 Å². The third-order valence-corrected chi connectivity index (χ3v) is 7.24. The first-order valence-corrected chi connectivity index (χ1v) is 13.7. The lowest BCUT2D eigenvalue weighted by Crippen LogP contribution is -2.32. The van der Waals surface area contributed by atoms with Gasteiger partial charge in [0.05, 0.1) is 5.56 Å². The number of aromatic nitrogens is 3. The Labute approximate surface area is 237 Å². The fraction of sp³-hybridized carbons (Fsp3) is 0.133. The third kappa shape index (κ3) is 7.12. The molecular weight excluding hydrogens is 551 g/mol. The van der Waals surface area contributed by atoms with Gasteiger partial charge in [0, 0.05) is 22.8 Å². The zero-order valence-corrected chi connectivity index (χ0v) is 22.3. The van der Waals surface area contributed by atoms with Crippen LogP contribution in [0.25, 0.3) is 22.2 Å². The van der Waals surface area contributed by atoms with Crippen molar-refractivity contribution in [3.05, 3.63) is 108 Å². The average Bonchev–Trinajstić information content (AvgIpc) is 2.96. The Morgan fingerprint density at radius 3 is 2.24 bits per heavy atom. The lowest BCUT2D eigenvalue weighted by atomic mass is 10.0. The summed E-state index contributed by atoms with van der Waals surface area (Å²) < 4.78 is 39.1. The highest BCUT2D eigenvalue weighted by Crippen LogP contribution is 2.31. The zero-order valence-electron chi connectivity index (χ0n) is 21.5. The van der Waals surface area contributed by atoms with Crippen molar-refractivity contribution in [2.24, 2.45) is 0 Å². The van der Waals surface area contributed by atoms with E-state index in [1.165, 1.54) is 23.9 Å². The van der Waals surface area contributed by atoms with E-state index < -0.39 is 23.8 Å². The maximum absolute atomic E-state index is 13.0. The van der Waals surface area contributed by atoms with Gasteiger partial charge in [0.15, 0.2) is 5.82 Å². The molecule has 1 aromatic heterocycles. The van der Waals surface area contributed by atoms with E-state index in [0.717, 1.165) is 28.5 Å². The maximum Gasteiger partial charge on any atom is 0.416 e. The molecule has 0 aliphatic rings. The predicted octanol–water partition coefficient (Wildman–Crippen LogP) is 7.25. The van der Waals surface area contributed by atoms with E-state index in [4.69, 9.17) is 0 Å². The molecule has 0 spiro atoms. The van der Waals surface area contributed by atoms with Crippen molar-refractivity contribution in [1.29, 1.82) is 0 Å². The molecule has 0 saturated carbocycles. The second-order valence-electron chi connectivity index (χ2n) is 9.07. The molecule has 0 saturated heterocycles. The van der Waals surface area contributed by atoms with Gasteiger partial charge >= 0.3 is 12.1 Å². The van der Waals surface area contributed by atoms with Crippen molar-refractivity contribution in [3.8, 4) is 11.4 Å².